The lowest BCUT2D eigenvalue weighted by Crippen LogP contribution is -2.38. The lowest BCUT2D eigenvalue weighted by atomic mass is 9.91. The number of likely N-dealkylation sites (N-methyl/N-ethyl adjacent to an activating group) is 1. The first kappa shape index (κ1) is 21.7. The Hall–Kier alpha value is -2.05. The van der Waals surface area contributed by atoms with Crippen LogP contribution < -0.4 is 15.7 Å². The van der Waals surface area contributed by atoms with Gasteiger partial charge in [-0.25, -0.2) is 4.79 Å². The maximum atomic E-state index is 13.0. The van der Waals surface area contributed by atoms with Crippen LogP contribution >= 0.6 is 0 Å². The predicted molar refractivity (Wildman–Crippen MR) is 118 cm³/mol. The third-order valence-corrected chi connectivity index (χ3v) is 5.77. The van der Waals surface area contributed by atoms with Crippen LogP contribution in [0.5, 0.6) is 5.75 Å². The van der Waals surface area contributed by atoms with Gasteiger partial charge in [0.1, 0.15) is 5.75 Å². The summed E-state index contributed by atoms with van der Waals surface area (Å²) >= 11 is 0. The molecular formula is C23H36N4O2. The van der Waals surface area contributed by atoms with E-state index in [1.54, 1.807) is 4.57 Å². The monoisotopic (exact) mass is 400 g/mol. The summed E-state index contributed by atoms with van der Waals surface area (Å²) in [5, 5.41) is 3.65. The number of rotatable bonds is 10. The lowest BCUT2D eigenvalue weighted by molar-refractivity contribution is 0.278. The largest absolute Gasteiger partial charge is 0.494 e. The molecule has 0 bridgehead atoms. The average Bonchev–Trinajstić information content (AvgIpc) is 3.10. The molecule has 1 heterocycles. The van der Waals surface area contributed by atoms with Crippen LogP contribution in [0.25, 0.3) is 5.69 Å². The van der Waals surface area contributed by atoms with Crippen molar-refractivity contribution in [3.05, 3.63) is 47.1 Å². The Morgan fingerprint density at radius 1 is 1.10 bits per heavy atom. The molecule has 0 unspecified atom stereocenters. The summed E-state index contributed by atoms with van der Waals surface area (Å²) in [5.74, 6) is 0.856. The number of imidazole rings is 1. The van der Waals surface area contributed by atoms with Crippen molar-refractivity contribution < 1.29 is 4.74 Å². The third-order valence-electron chi connectivity index (χ3n) is 5.77. The number of hydrogen-bond acceptors (Lipinski definition) is 4. The maximum absolute atomic E-state index is 13.0. The highest BCUT2D eigenvalue weighted by atomic mass is 16.5. The zero-order valence-electron chi connectivity index (χ0n) is 18.1. The molecule has 1 saturated carbocycles. The van der Waals surface area contributed by atoms with Gasteiger partial charge in [0.05, 0.1) is 12.3 Å². The lowest BCUT2D eigenvalue weighted by Gasteiger charge is -2.30. The zero-order valence-corrected chi connectivity index (χ0v) is 18.1. The van der Waals surface area contributed by atoms with Gasteiger partial charge in [-0.05, 0) is 70.5 Å². The second kappa shape index (κ2) is 10.6. The smallest absolute Gasteiger partial charge is 0.332 e. The molecule has 1 aromatic heterocycles. The van der Waals surface area contributed by atoms with Gasteiger partial charge in [-0.15, -0.1) is 0 Å². The zero-order chi connectivity index (χ0) is 20.6. The molecule has 1 N–H and O–H groups in total. The van der Waals surface area contributed by atoms with Gasteiger partial charge < -0.3 is 15.0 Å². The topological polar surface area (TPSA) is 51.4 Å². The van der Waals surface area contributed by atoms with E-state index in [0.29, 0.717) is 12.1 Å². The molecule has 160 valence electrons. The number of unbranched alkanes of at least 4 members (excludes halogenated alkanes) is 1. The third kappa shape index (κ3) is 5.97. The molecule has 1 aliphatic rings. The highest BCUT2D eigenvalue weighted by Crippen LogP contribution is 2.27. The summed E-state index contributed by atoms with van der Waals surface area (Å²) in [6.45, 7) is 4.97. The van der Waals surface area contributed by atoms with Crippen LogP contribution in [0.15, 0.2) is 41.5 Å². The molecule has 6 heteroatoms. The molecule has 0 atom stereocenters. The Kier molecular flexibility index (Phi) is 7.95. The SMILES string of the molecule is CCCCOc1ccc(-n2ccn(C3CCC(NCCN(C)C)CC3)c2=O)cc1. The van der Waals surface area contributed by atoms with E-state index in [0.717, 1.165) is 69.7 Å². The molecule has 2 aromatic rings. The van der Waals surface area contributed by atoms with Crippen LogP contribution in [0.4, 0.5) is 0 Å². The quantitative estimate of drug-likeness (QED) is 0.621. The summed E-state index contributed by atoms with van der Waals surface area (Å²) in [5.41, 5.74) is 0.935. The van der Waals surface area contributed by atoms with Crippen LogP contribution in [-0.4, -0.2) is 53.9 Å². The van der Waals surface area contributed by atoms with Crippen molar-refractivity contribution in [3.63, 3.8) is 0 Å². The van der Waals surface area contributed by atoms with Crippen molar-refractivity contribution in [1.29, 1.82) is 0 Å². The Labute approximate surface area is 174 Å². The highest BCUT2D eigenvalue weighted by molar-refractivity contribution is 5.37. The summed E-state index contributed by atoms with van der Waals surface area (Å²) in [4.78, 5) is 15.2. The van der Waals surface area contributed by atoms with E-state index < -0.39 is 0 Å². The van der Waals surface area contributed by atoms with Crippen LogP contribution in [-0.2, 0) is 0 Å². The average molecular weight is 401 g/mol. The van der Waals surface area contributed by atoms with Crippen molar-refractivity contribution in [2.45, 2.75) is 57.5 Å². The Bertz CT molecular complexity index is 786. The fourth-order valence-electron chi connectivity index (χ4n) is 3.95. The molecule has 0 spiro atoms. The highest BCUT2D eigenvalue weighted by Gasteiger charge is 2.23. The second-order valence-corrected chi connectivity index (χ2v) is 8.32. The van der Waals surface area contributed by atoms with E-state index in [2.05, 4.69) is 31.2 Å². The predicted octanol–water partition coefficient (Wildman–Crippen LogP) is 3.45. The summed E-state index contributed by atoms with van der Waals surface area (Å²) in [6, 6.07) is 8.67. The molecule has 6 nitrogen and oxygen atoms in total. The number of hydrogen-bond donors (Lipinski definition) is 1. The van der Waals surface area contributed by atoms with E-state index in [9.17, 15) is 4.79 Å². The van der Waals surface area contributed by atoms with E-state index in [4.69, 9.17) is 4.74 Å². The van der Waals surface area contributed by atoms with Crippen molar-refractivity contribution in [3.8, 4) is 11.4 Å². The van der Waals surface area contributed by atoms with Crippen molar-refractivity contribution in [2.24, 2.45) is 0 Å². The number of aromatic nitrogens is 2. The molecule has 0 saturated heterocycles. The maximum Gasteiger partial charge on any atom is 0.332 e. The Morgan fingerprint density at radius 2 is 1.83 bits per heavy atom. The van der Waals surface area contributed by atoms with E-state index in [1.165, 1.54) is 0 Å². The first-order valence-corrected chi connectivity index (χ1v) is 11.0. The minimum atomic E-state index is 0.0497. The van der Waals surface area contributed by atoms with Crippen molar-refractivity contribution in [1.82, 2.24) is 19.4 Å². The van der Waals surface area contributed by atoms with Crippen LogP contribution in [0.1, 0.15) is 51.5 Å². The van der Waals surface area contributed by atoms with Crippen LogP contribution in [0.3, 0.4) is 0 Å². The van der Waals surface area contributed by atoms with Crippen molar-refractivity contribution >= 4 is 0 Å². The Balaban J connectivity index is 1.57. The van der Waals surface area contributed by atoms with Gasteiger partial charge in [-0.2, -0.15) is 0 Å². The first-order valence-electron chi connectivity index (χ1n) is 11.0. The van der Waals surface area contributed by atoms with Gasteiger partial charge in [-0.3, -0.25) is 9.13 Å². The van der Waals surface area contributed by atoms with E-state index in [-0.39, 0.29) is 5.69 Å². The van der Waals surface area contributed by atoms with Gasteiger partial charge in [0.25, 0.3) is 0 Å². The normalized spacial score (nSPS) is 19.6. The standard InChI is InChI=1S/C23H36N4O2/c1-4-5-18-29-22-12-10-21(11-13-22)27-17-16-26(23(27)28)20-8-6-19(7-9-20)24-14-15-25(2)3/h10-13,16-17,19-20,24H,4-9,14-15,18H2,1-3H3. The molecular weight excluding hydrogens is 364 g/mol. The molecule has 0 aliphatic heterocycles. The van der Waals surface area contributed by atoms with Gasteiger partial charge in [0.2, 0.25) is 0 Å². The van der Waals surface area contributed by atoms with E-state index >= 15 is 0 Å². The second-order valence-electron chi connectivity index (χ2n) is 8.32. The molecule has 3 rings (SSSR count). The number of ether oxygens (including phenoxy) is 1. The summed E-state index contributed by atoms with van der Waals surface area (Å²) in [7, 11) is 4.20. The molecule has 29 heavy (non-hydrogen) atoms. The fourth-order valence-corrected chi connectivity index (χ4v) is 3.95. The molecule has 1 fully saturated rings. The minimum Gasteiger partial charge on any atom is -0.494 e. The van der Waals surface area contributed by atoms with Gasteiger partial charge >= 0.3 is 5.69 Å². The van der Waals surface area contributed by atoms with Crippen molar-refractivity contribution in [2.75, 3.05) is 33.8 Å². The molecule has 1 aromatic carbocycles. The Morgan fingerprint density at radius 3 is 2.48 bits per heavy atom. The number of nitrogens with zero attached hydrogens (tertiary/aromatic N) is 3. The summed E-state index contributed by atoms with van der Waals surface area (Å²) in [6.07, 6.45) is 10.3. The molecule has 1 aliphatic carbocycles. The van der Waals surface area contributed by atoms with Crippen LogP contribution in [0.2, 0.25) is 0 Å². The van der Waals surface area contributed by atoms with Gasteiger partial charge in [-0.1, -0.05) is 13.3 Å². The molecule has 0 amide bonds. The number of nitrogens with one attached hydrogen (secondary N) is 1. The minimum absolute atomic E-state index is 0.0497. The molecule has 0 radical (unpaired) electrons. The fraction of sp³-hybridized carbons (Fsp3) is 0.609. The summed E-state index contributed by atoms with van der Waals surface area (Å²) < 4.78 is 9.37. The van der Waals surface area contributed by atoms with Gasteiger partial charge in [0.15, 0.2) is 0 Å². The number of benzene rings is 1. The first-order chi connectivity index (χ1) is 14.1. The van der Waals surface area contributed by atoms with Gasteiger partial charge in [0, 0.05) is 37.6 Å². The van der Waals surface area contributed by atoms with E-state index in [1.807, 2.05) is 41.2 Å². The van der Waals surface area contributed by atoms with Crippen LogP contribution in [0, 0.1) is 0 Å².